The number of fused-ring (bicyclic) bond motifs is 1. The number of hydrogen-bond donors (Lipinski definition) is 0. The van der Waals surface area contributed by atoms with Crippen LogP contribution in [0.4, 0.5) is 5.69 Å². The predicted octanol–water partition coefficient (Wildman–Crippen LogP) is 3.45. The van der Waals surface area contributed by atoms with E-state index in [0.29, 0.717) is 40.4 Å². The molecule has 1 aromatic carbocycles. The number of benzene rings is 1. The minimum Gasteiger partial charge on any atom is -0.299 e. The van der Waals surface area contributed by atoms with Gasteiger partial charge >= 0.3 is 0 Å². The first-order chi connectivity index (χ1) is 12.5. The minimum absolute atomic E-state index is 0.0212. The van der Waals surface area contributed by atoms with E-state index in [4.69, 9.17) is 0 Å². The Balaban J connectivity index is 1.68. The molecule has 1 fully saturated rings. The number of allylic oxidation sites excluding steroid dienone is 1. The fraction of sp³-hybridized carbons (Fsp3) is 0.222. The summed E-state index contributed by atoms with van der Waals surface area (Å²) in [6.07, 6.45) is 3.57. The number of thiazole rings is 1. The molecular formula is C18H13N3O4S. The van der Waals surface area contributed by atoms with Crippen molar-refractivity contribution in [3.8, 4) is 11.3 Å². The molecule has 0 N–H and O–H groups in total. The maximum absolute atomic E-state index is 12.4. The molecule has 1 unspecified atom stereocenters. The third kappa shape index (κ3) is 2.88. The number of dihydropyridines is 1. The number of carbonyl (C=O) groups excluding carboxylic acids is 2. The quantitative estimate of drug-likeness (QED) is 0.610. The minimum atomic E-state index is -0.463. The average molecular weight is 367 g/mol. The van der Waals surface area contributed by atoms with Crippen molar-refractivity contribution in [3.63, 3.8) is 0 Å². The molecule has 2 heterocycles. The van der Waals surface area contributed by atoms with Crippen LogP contribution in [-0.4, -0.2) is 27.3 Å². The zero-order chi connectivity index (χ0) is 18.3. The second kappa shape index (κ2) is 6.38. The molecule has 8 heteroatoms. The fourth-order valence-corrected chi connectivity index (χ4v) is 4.00. The SMILES string of the molecule is O=C1N=C2CCCC(=O)C2C=C1c1nc(-c2cccc([N+](=O)[O-])c2)cs1. The van der Waals surface area contributed by atoms with Gasteiger partial charge < -0.3 is 0 Å². The van der Waals surface area contributed by atoms with Crippen molar-refractivity contribution in [1.29, 1.82) is 0 Å². The summed E-state index contributed by atoms with van der Waals surface area (Å²) >= 11 is 1.26. The summed E-state index contributed by atoms with van der Waals surface area (Å²) in [5, 5.41) is 13.1. The van der Waals surface area contributed by atoms with Crippen LogP contribution in [0.25, 0.3) is 16.8 Å². The van der Waals surface area contributed by atoms with E-state index < -0.39 is 10.8 Å². The Kier molecular flexibility index (Phi) is 4.04. The maximum Gasteiger partial charge on any atom is 0.279 e. The van der Waals surface area contributed by atoms with Crippen LogP contribution in [0.2, 0.25) is 0 Å². The Hall–Kier alpha value is -3.00. The van der Waals surface area contributed by atoms with Crippen LogP contribution in [0.1, 0.15) is 24.3 Å². The van der Waals surface area contributed by atoms with Crippen molar-refractivity contribution in [2.45, 2.75) is 19.3 Å². The van der Waals surface area contributed by atoms with Gasteiger partial charge in [0.05, 0.1) is 22.1 Å². The van der Waals surface area contributed by atoms with Crippen molar-refractivity contribution >= 4 is 40.0 Å². The lowest BCUT2D eigenvalue weighted by atomic mass is 9.83. The highest BCUT2D eigenvalue weighted by atomic mass is 32.1. The van der Waals surface area contributed by atoms with E-state index in [1.165, 1.54) is 23.5 Å². The molecule has 1 saturated carbocycles. The van der Waals surface area contributed by atoms with Crippen LogP contribution in [0, 0.1) is 16.0 Å². The highest BCUT2D eigenvalue weighted by molar-refractivity contribution is 7.11. The molecule has 0 saturated heterocycles. The molecule has 0 bridgehead atoms. The Morgan fingerprint density at radius 3 is 2.88 bits per heavy atom. The monoisotopic (exact) mass is 367 g/mol. The van der Waals surface area contributed by atoms with Gasteiger partial charge in [-0.1, -0.05) is 18.2 Å². The van der Waals surface area contributed by atoms with E-state index >= 15 is 0 Å². The molecule has 130 valence electrons. The van der Waals surface area contributed by atoms with Gasteiger partial charge in [0, 0.05) is 35.2 Å². The number of hydrogen-bond acceptors (Lipinski definition) is 6. The van der Waals surface area contributed by atoms with E-state index in [-0.39, 0.29) is 17.4 Å². The molecule has 0 spiro atoms. The number of amides is 1. The summed E-state index contributed by atoms with van der Waals surface area (Å²) in [5.41, 5.74) is 2.10. The van der Waals surface area contributed by atoms with Crippen molar-refractivity contribution < 1.29 is 14.5 Å². The highest BCUT2D eigenvalue weighted by Crippen LogP contribution is 2.33. The zero-order valence-corrected chi connectivity index (χ0v) is 14.4. The topological polar surface area (TPSA) is 103 Å². The van der Waals surface area contributed by atoms with Crippen molar-refractivity contribution in [2.75, 3.05) is 0 Å². The zero-order valence-electron chi connectivity index (χ0n) is 13.5. The molecule has 1 amide bonds. The summed E-state index contributed by atoms with van der Waals surface area (Å²) < 4.78 is 0. The van der Waals surface area contributed by atoms with Crippen LogP contribution in [-0.2, 0) is 9.59 Å². The lowest BCUT2D eigenvalue weighted by Gasteiger charge is -2.23. The second-order valence-corrected chi connectivity index (χ2v) is 6.99. The van der Waals surface area contributed by atoms with E-state index in [9.17, 15) is 19.7 Å². The van der Waals surface area contributed by atoms with Gasteiger partial charge in [-0.15, -0.1) is 11.3 Å². The lowest BCUT2D eigenvalue weighted by molar-refractivity contribution is -0.384. The number of non-ortho nitro benzene ring substituents is 1. The number of Topliss-reactive ketones (excluding diaryl/α,β-unsaturated/α-hetero) is 1. The smallest absolute Gasteiger partial charge is 0.279 e. The summed E-state index contributed by atoms with van der Waals surface area (Å²) in [6, 6.07) is 6.17. The highest BCUT2D eigenvalue weighted by Gasteiger charge is 2.33. The number of nitrogens with zero attached hydrogens (tertiary/aromatic N) is 3. The van der Waals surface area contributed by atoms with Gasteiger partial charge in [-0.2, -0.15) is 0 Å². The Morgan fingerprint density at radius 2 is 2.08 bits per heavy atom. The van der Waals surface area contributed by atoms with Gasteiger partial charge in [-0.25, -0.2) is 9.98 Å². The first kappa shape index (κ1) is 16.5. The van der Waals surface area contributed by atoms with Gasteiger partial charge in [0.2, 0.25) is 0 Å². The summed E-state index contributed by atoms with van der Waals surface area (Å²) in [5.74, 6) is -0.733. The maximum atomic E-state index is 12.4. The fourth-order valence-electron chi connectivity index (χ4n) is 3.16. The Bertz CT molecular complexity index is 1010. The molecule has 4 rings (SSSR count). The van der Waals surface area contributed by atoms with E-state index in [1.807, 2.05) is 0 Å². The number of nitro groups is 1. The number of aromatic nitrogens is 1. The number of aliphatic imine (C=N–C) groups is 1. The second-order valence-electron chi connectivity index (χ2n) is 6.13. The molecule has 1 aromatic heterocycles. The van der Waals surface area contributed by atoms with Crippen LogP contribution >= 0.6 is 11.3 Å². The molecule has 26 heavy (non-hydrogen) atoms. The average Bonchev–Trinajstić information content (AvgIpc) is 3.11. The van der Waals surface area contributed by atoms with E-state index in [2.05, 4.69) is 9.98 Å². The molecule has 1 atom stereocenters. The Labute approximate surface area is 152 Å². The largest absolute Gasteiger partial charge is 0.299 e. The van der Waals surface area contributed by atoms with Gasteiger partial charge in [-0.3, -0.25) is 19.7 Å². The number of rotatable bonds is 3. The van der Waals surface area contributed by atoms with Crippen LogP contribution in [0.3, 0.4) is 0 Å². The Morgan fingerprint density at radius 1 is 1.23 bits per heavy atom. The van der Waals surface area contributed by atoms with Gasteiger partial charge in [0.25, 0.3) is 11.6 Å². The normalized spacial score (nSPS) is 19.6. The first-order valence-corrected chi connectivity index (χ1v) is 8.98. The van der Waals surface area contributed by atoms with Crippen molar-refractivity contribution in [1.82, 2.24) is 4.98 Å². The van der Waals surface area contributed by atoms with E-state index in [0.717, 1.165) is 6.42 Å². The third-order valence-electron chi connectivity index (χ3n) is 4.46. The molecule has 2 aromatic rings. The molecule has 1 aliphatic carbocycles. The third-order valence-corrected chi connectivity index (χ3v) is 5.33. The number of carbonyl (C=O) groups is 2. The number of nitro benzene ring substituents is 1. The lowest BCUT2D eigenvalue weighted by Crippen LogP contribution is -2.31. The molecule has 7 nitrogen and oxygen atoms in total. The van der Waals surface area contributed by atoms with Crippen LogP contribution < -0.4 is 0 Å². The van der Waals surface area contributed by atoms with Gasteiger partial charge in [0.15, 0.2) is 0 Å². The first-order valence-electron chi connectivity index (χ1n) is 8.10. The predicted molar refractivity (Wildman–Crippen MR) is 97.0 cm³/mol. The van der Waals surface area contributed by atoms with Crippen molar-refractivity contribution in [3.05, 3.63) is 50.8 Å². The summed E-state index contributed by atoms with van der Waals surface area (Å²) in [6.45, 7) is 0. The van der Waals surface area contributed by atoms with Gasteiger partial charge in [-0.05, 0) is 12.8 Å². The standard InChI is InChI=1S/C18H13N3O4S/c22-16-6-2-5-14-12(16)8-13(17(23)19-14)18-20-15(9-26-18)10-3-1-4-11(7-10)21(24)25/h1,3-4,7-9,12H,2,5-6H2. The van der Waals surface area contributed by atoms with Crippen molar-refractivity contribution in [2.24, 2.45) is 10.9 Å². The van der Waals surface area contributed by atoms with Crippen LogP contribution in [0.15, 0.2) is 40.7 Å². The molecular weight excluding hydrogens is 354 g/mol. The summed E-state index contributed by atoms with van der Waals surface area (Å²) in [4.78, 5) is 43.5. The van der Waals surface area contributed by atoms with Gasteiger partial charge in [0.1, 0.15) is 10.8 Å². The molecule has 0 radical (unpaired) electrons. The molecule has 1 aliphatic heterocycles. The summed E-state index contributed by atoms with van der Waals surface area (Å²) in [7, 11) is 0. The molecule has 2 aliphatic rings. The van der Waals surface area contributed by atoms with E-state index in [1.54, 1.807) is 23.6 Å². The number of ketones is 1. The van der Waals surface area contributed by atoms with Crippen LogP contribution in [0.5, 0.6) is 0 Å².